The van der Waals surface area contributed by atoms with E-state index in [0.29, 0.717) is 19.0 Å². The van der Waals surface area contributed by atoms with Crippen LogP contribution in [0.25, 0.3) is 10.9 Å². The van der Waals surface area contributed by atoms with Gasteiger partial charge >= 0.3 is 0 Å². The van der Waals surface area contributed by atoms with Crippen molar-refractivity contribution in [3.8, 4) is 0 Å². The highest BCUT2D eigenvalue weighted by Crippen LogP contribution is 2.22. The van der Waals surface area contributed by atoms with Gasteiger partial charge in [-0.05, 0) is 42.0 Å². The van der Waals surface area contributed by atoms with Crippen molar-refractivity contribution < 1.29 is 9.90 Å². The molecule has 2 atom stereocenters. The Morgan fingerprint density at radius 1 is 1.26 bits per heavy atom. The predicted octanol–water partition coefficient (Wildman–Crippen LogP) is 2.75. The number of hydrogen-bond acceptors (Lipinski definition) is 4. The maximum atomic E-state index is 11.7. The van der Waals surface area contributed by atoms with Gasteiger partial charge in [0.1, 0.15) is 0 Å². The summed E-state index contributed by atoms with van der Waals surface area (Å²) in [5, 5.41) is 19.2. The Balaban J connectivity index is 1.38. The molecule has 0 saturated heterocycles. The van der Waals surface area contributed by atoms with Gasteiger partial charge in [-0.15, -0.1) is 0 Å². The zero-order valence-electron chi connectivity index (χ0n) is 15.6. The molecule has 0 fully saturated rings. The Kier molecular flexibility index (Phi) is 5.05. The summed E-state index contributed by atoms with van der Waals surface area (Å²) < 4.78 is 1.41. The van der Waals surface area contributed by atoms with Gasteiger partial charge in [-0.3, -0.25) is 4.79 Å². The number of aliphatic hydroxyl groups is 1. The van der Waals surface area contributed by atoms with E-state index in [2.05, 4.69) is 34.7 Å². The highest BCUT2D eigenvalue weighted by Gasteiger charge is 2.19. The van der Waals surface area contributed by atoms with Crippen molar-refractivity contribution in [3.63, 3.8) is 0 Å². The maximum absolute atomic E-state index is 11.7. The summed E-state index contributed by atoms with van der Waals surface area (Å²) in [7, 11) is 0. The molecule has 0 saturated carbocycles. The summed E-state index contributed by atoms with van der Waals surface area (Å²) in [6.45, 7) is 2.06. The van der Waals surface area contributed by atoms with Crippen LogP contribution in [0, 0.1) is 0 Å². The van der Waals surface area contributed by atoms with Gasteiger partial charge in [-0.1, -0.05) is 36.4 Å². The fraction of sp³-hybridized carbons (Fsp3) is 0.364. The van der Waals surface area contributed by atoms with Crippen LogP contribution in [0.5, 0.6) is 0 Å². The molecule has 0 radical (unpaired) electrons. The summed E-state index contributed by atoms with van der Waals surface area (Å²) in [5.41, 5.74) is 4.68. The number of carbonyl (C=O) groups excluding carboxylic acids is 1. The van der Waals surface area contributed by atoms with Crippen LogP contribution < -0.4 is 5.32 Å². The third-order valence-corrected chi connectivity index (χ3v) is 5.45. The van der Waals surface area contributed by atoms with Crippen molar-refractivity contribution in [1.82, 2.24) is 15.1 Å². The Morgan fingerprint density at radius 3 is 2.89 bits per heavy atom. The molecule has 0 spiro atoms. The number of carbonyl (C=O) groups is 1. The van der Waals surface area contributed by atoms with Gasteiger partial charge in [0, 0.05) is 31.3 Å². The number of aromatic nitrogens is 2. The van der Waals surface area contributed by atoms with Crippen molar-refractivity contribution >= 4 is 16.8 Å². The topological polar surface area (TPSA) is 67.2 Å². The quantitative estimate of drug-likeness (QED) is 0.731. The minimum absolute atomic E-state index is 0.109. The number of fused-ring (bicyclic) bond motifs is 2. The van der Waals surface area contributed by atoms with Gasteiger partial charge in [-0.2, -0.15) is 5.10 Å². The molecule has 4 rings (SSSR count). The lowest BCUT2D eigenvalue weighted by molar-refractivity contribution is 0.0927. The van der Waals surface area contributed by atoms with Gasteiger partial charge in [-0.25, -0.2) is 4.68 Å². The first kappa shape index (κ1) is 17.9. The lowest BCUT2D eigenvalue weighted by atomic mass is 9.88. The van der Waals surface area contributed by atoms with Crippen molar-refractivity contribution in [2.45, 2.75) is 44.8 Å². The van der Waals surface area contributed by atoms with Crippen molar-refractivity contribution in [2.24, 2.45) is 0 Å². The van der Waals surface area contributed by atoms with Crippen LogP contribution in [0.2, 0.25) is 0 Å². The molecule has 0 bridgehead atoms. The number of benzene rings is 2. The van der Waals surface area contributed by atoms with E-state index >= 15 is 0 Å². The van der Waals surface area contributed by atoms with Crippen molar-refractivity contribution in [1.29, 1.82) is 0 Å². The van der Waals surface area contributed by atoms with Crippen LogP contribution in [0.15, 0.2) is 48.7 Å². The molecule has 1 heterocycles. The zero-order valence-corrected chi connectivity index (χ0v) is 15.6. The molecule has 2 aromatic carbocycles. The second-order valence-corrected chi connectivity index (χ2v) is 7.40. The minimum atomic E-state index is -0.478. The number of hydrogen-bond donors (Lipinski definition) is 2. The monoisotopic (exact) mass is 363 g/mol. The Morgan fingerprint density at radius 2 is 2.07 bits per heavy atom. The molecule has 5 heteroatoms. The largest absolute Gasteiger partial charge is 0.391 e. The molecular weight excluding hydrogens is 338 g/mol. The van der Waals surface area contributed by atoms with Gasteiger partial charge in [0.2, 0.25) is 5.91 Å². The molecule has 2 unspecified atom stereocenters. The molecular formula is C22H25N3O2. The van der Waals surface area contributed by atoms with Crippen LogP contribution >= 0.6 is 0 Å². The number of aliphatic hydroxyl groups excluding tert-OH is 1. The first-order chi connectivity index (χ1) is 13.1. The van der Waals surface area contributed by atoms with Crippen LogP contribution in [0.4, 0.5) is 0 Å². The van der Waals surface area contributed by atoms with Gasteiger partial charge in [0.05, 0.1) is 17.8 Å². The molecule has 0 aliphatic heterocycles. The smallest absolute Gasteiger partial charge is 0.244 e. The fourth-order valence-electron chi connectivity index (χ4n) is 4.04. The molecule has 5 nitrogen and oxygen atoms in total. The van der Waals surface area contributed by atoms with Gasteiger partial charge < -0.3 is 10.4 Å². The van der Waals surface area contributed by atoms with E-state index in [1.807, 2.05) is 18.2 Å². The third kappa shape index (κ3) is 3.80. The molecule has 27 heavy (non-hydrogen) atoms. The van der Waals surface area contributed by atoms with Crippen molar-refractivity contribution in [3.05, 3.63) is 65.4 Å². The Hall–Kier alpha value is -2.50. The maximum Gasteiger partial charge on any atom is 0.244 e. The van der Waals surface area contributed by atoms with Crippen LogP contribution in [-0.4, -0.2) is 39.5 Å². The summed E-state index contributed by atoms with van der Waals surface area (Å²) >= 11 is 0. The highest BCUT2D eigenvalue weighted by atomic mass is 16.3. The van der Waals surface area contributed by atoms with E-state index < -0.39 is 6.10 Å². The molecule has 2 N–H and O–H groups in total. The van der Waals surface area contributed by atoms with Crippen LogP contribution in [-0.2, 0) is 19.3 Å². The lowest BCUT2D eigenvalue weighted by Gasteiger charge is -2.26. The molecule has 3 aromatic rings. The number of nitrogens with one attached hydrogen (secondary N) is 1. The standard InChI is InChI=1S/C22H25N3O2/c1-15(26)25-22-8-4-7-18(21(22)14-24-25)12-20(27)13-23-19-10-9-16-5-2-3-6-17(16)11-19/h2-8,14,19-20,23,27H,9-13H2,1H3. The van der Waals surface area contributed by atoms with Crippen molar-refractivity contribution in [2.75, 3.05) is 6.54 Å². The lowest BCUT2D eigenvalue weighted by Crippen LogP contribution is -2.39. The summed E-state index contributed by atoms with van der Waals surface area (Å²) in [6, 6.07) is 14.8. The fourth-order valence-corrected chi connectivity index (χ4v) is 4.04. The first-order valence-electron chi connectivity index (χ1n) is 9.56. The van der Waals surface area contributed by atoms with E-state index in [9.17, 15) is 9.90 Å². The first-order valence-corrected chi connectivity index (χ1v) is 9.56. The molecule has 1 aliphatic carbocycles. The van der Waals surface area contributed by atoms with E-state index in [4.69, 9.17) is 0 Å². The highest BCUT2D eigenvalue weighted by molar-refractivity contribution is 5.91. The molecule has 0 amide bonds. The van der Waals surface area contributed by atoms with Crippen LogP contribution in [0.1, 0.15) is 34.8 Å². The van der Waals surface area contributed by atoms with E-state index in [1.165, 1.54) is 22.7 Å². The molecule has 140 valence electrons. The van der Waals surface area contributed by atoms with Gasteiger partial charge in [0.25, 0.3) is 0 Å². The van der Waals surface area contributed by atoms with E-state index in [0.717, 1.165) is 35.7 Å². The zero-order chi connectivity index (χ0) is 18.8. The number of nitrogens with zero attached hydrogens (tertiary/aromatic N) is 2. The number of aryl methyl sites for hydroxylation is 1. The SMILES string of the molecule is CC(=O)n1ncc2c(CC(O)CNC3CCc4ccccc4C3)cccc21. The summed E-state index contributed by atoms with van der Waals surface area (Å²) in [5.74, 6) is -0.109. The van der Waals surface area contributed by atoms with Gasteiger partial charge in [0.15, 0.2) is 0 Å². The van der Waals surface area contributed by atoms with E-state index in [-0.39, 0.29) is 5.91 Å². The normalized spacial score (nSPS) is 17.6. The van der Waals surface area contributed by atoms with E-state index in [1.54, 1.807) is 6.20 Å². The average Bonchev–Trinajstić information content (AvgIpc) is 3.12. The van der Waals surface area contributed by atoms with Crippen LogP contribution in [0.3, 0.4) is 0 Å². The Labute approximate surface area is 159 Å². The summed E-state index contributed by atoms with van der Waals surface area (Å²) in [6.07, 6.45) is 4.98. The predicted molar refractivity (Wildman–Crippen MR) is 106 cm³/mol. The molecule has 1 aromatic heterocycles. The Bertz CT molecular complexity index is 963. The number of rotatable bonds is 5. The second-order valence-electron chi connectivity index (χ2n) is 7.40. The second kappa shape index (κ2) is 7.62. The molecule has 1 aliphatic rings. The average molecular weight is 363 g/mol. The minimum Gasteiger partial charge on any atom is -0.391 e. The third-order valence-electron chi connectivity index (χ3n) is 5.45. The summed E-state index contributed by atoms with van der Waals surface area (Å²) in [4.78, 5) is 11.7.